The second-order valence-corrected chi connectivity index (χ2v) is 6.83. The molecule has 0 aromatic carbocycles. The van der Waals surface area contributed by atoms with Gasteiger partial charge in [0.2, 0.25) is 0 Å². The van der Waals surface area contributed by atoms with Crippen LogP contribution in [0, 0.1) is 10.8 Å². The van der Waals surface area contributed by atoms with Gasteiger partial charge in [0.15, 0.2) is 0 Å². The molecule has 0 amide bonds. The fraction of sp³-hybridized carbons (Fsp3) is 0.875. The lowest BCUT2D eigenvalue weighted by Gasteiger charge is -2.36. The van der Waals surface area contributed by atoms with Gasteiger partial charge in [-0.15, -0.1) is 0 Å². The number of carbonyl (C=O) groups is 2. The van der Waals surface area contributed by atoms with Crippen LogP contribution in [0.1, 0.15) is 79.1 Å². The third-order valence-corrected chi connectivity index (χ3v) is 4.30. The summed E-state index contributed by atoms with van der Waals surface area (Å²) >= 11 is 0. The van der Waals surface area contributed by atoms with Gasteiger partial charge < -0.3 is 0 Å². The topological polar surface area (TPSA) is 34.1 Å². The van der Waals surface area contributed by atoms with Gasteiger partial charge in [-0.3, -0.25) is 9.59 Å². The molecule has 1 aliphatic rings. The zero-order valence-electron chi connectivity index (χ0n) is 12.5. The average molecular weight is 252 g/mol. The second-order valence-electron chi connectivity index (χ2n) is 6.83. The van der Waals surface area contributed by atoms with E-state index in [0.717, 1.165) is 44.9 Å². The van der Waals surface area contributed by atoms with Crippen LogP contribution in [0.2, 0.25) is 0 Å². The SMILES string of the molecule is CCC[C@@]1(CCC(=O)C(C)(C)C)CCCCC1=O. The fourth-order valence-corrected chi connectivity index (χ4v) is 3.01. The minimum atomic E-state index is -0.273. The third-order valence-electron chi connectivity index (χ3n) is 4.30. The zero-order chi connectivity index (χ0) is 13.8. The molecule has 1 atom stereocenters. The van der Waals surface area contributed by atoms with Crippen LogP contribution >= 0.6 is 0 Å². The smallest absolute Gasteiger partial charge is 0.139 e. The maximum atomic E-state index is 12.3. The highest BCUT2D eigenvalue weighted by Gasteiger charge is 2.39. The Bertz CT molecular complexity index is 308. The molecule has 0 unspecified atom stereocenters. The Morgan fingerprint density at radius 3 is 2.39 bits per heavy atom. The first kappa shape index (κ1) is 15.4. The molecular weight excluding hydrogens is 224 g/mol. The molecule has 0 bridgehead atoms. The Balaban J connectivity index is 2.68. The van der Waals surface area contributed by atoms with Crippen molar-refractivity contribution in [3.63, 3.8) is 0 Å². The van der Waals surface area contributed by atoms with Gasteiger partial charge in [0.05, 0.1) is 0 Å². The Hall–Kier alpha value is -0.660. The lowest BCUT2D eigenvalue weighted by atomic mass is 9.66. The summed E-state index contributed by atoms with van der Waals surface area (Å²) in [6.45, 7) is 8.02. The molecule has 0 N–H and O–H groups in total. The molecule has 1 fully saturated rings. The lowest BCUT2D eigenvalue weighted by Crippen LogP contribution is -2.35. The Morgan fingerprint density at radius 2 is 1.89 bits per heavy atom. The van der Waals surface area contributed by atoms with Crippen molar-refractivity contribution in [1.82, 2.24) is 0 Å². The molecule has 1 aliphatic carbocycles. The van der Waals surface area contributed by atoms with E-state index in [-0.39, 0.29) is 16.6 Å². The summed E-state index contributed by atoms with van der Waals surface area (Å²) in [6, 6.07) is 0. The number of ketones is 2. The maximum Gasteiger partial charge on any atom is 0.139 e. The van der Waals surface area contributed by atoms with Crippen molar-refractivity contribution in [2.45, 2.75) is 79.1 Å². The van der Waals surface area contributed by atoms with Crippen LogP contribution in [0.25, 0.3) is 0 Å². The first-order chi connectivity index (χ1) is 8.32. The highest BCUT2D eigenvalue weighted by atomic mass is 16.1. The van der Waals surface area contributed by atoms with Crippen molar-refractivity contribution >= 4 is 11.6 Å². The van der Waals surface area contributed by atoms with Crippen LogP contribution < -0.4 is 0 Å². The Labute approximate surface area is 112 Å². The molecule has 2 heteroatoms. The normalized spacial score (nSPS) is 25.2. The molecule has 0 heterocycles. The van der Waals surface area contributed by atoms with Crippen molar-refractivity contribution < 1.29 is 9.59 Å². The average Bonchev–Trinajstić information content (AvgIpc) is 2.29. The summed E-state index contributed by atoms with van der Waals surface area (Å²) in [5.74, 6) is 0.702. The molecule has 1 saturated carbocycles. The van der Waals surface area contributed by atoms with Crippen molar-refractivity contribution in [3.05, 3.63) is 0 Å². The van der Waals surface area contributed by atoms with E-state index in [1.807, 2.05) is 20.8 Å². The molecular formula is C16H28O2. The highest BCUT2D eigenvalue weighted by molar-refractivity contribution is 5.87. The van der Waals surface area contributed by atoms with Crippen molar-refractivity contribution in [2.24, 2.45) is 10.8 Å². The zero-order valence-corrected chi connectivity index (χ0v) is 12.5. The molecule has 1 rings (SSSR count). The Kier molecular flexibility index (Phi) is 5.12. The van der Waals surface area contributed by atoms with Gasteiger partial charge in [-0.25, -0.2) is 0 Å². The van der Waals surface area contributed by atoms with E-state index in [9.17, 15) is 9.59 Å². The van der Waals surface area contributed by atoms with Gasteiger partial charge in [0.25, 0.3) is 0 Å². The van der Waals surface area contributed by atoms with Gasteiger partial charge in [-0.2, -0.15) is 0 Å². The second kappa shape index (κ2) is 5.99. The van der Waals surface area contributed by atoms with Gasteiger partial charge in [-0.1, -0.05) is 40.5 Å². The largest absolute Gasteiger partial charge is 0.299 e. The monoisotopic (exact) mass is 252 g/mol. The summed E-state index contributed by atoms with van der Waals surface area (Å²) < 4.78 is 0. The van der Waals surface area contributed by atoms with Crippen LogP contribution in [0.3, 0.4) is 0 Å². The standard InChI is InChI=1S/C16H28O2/c1-5-10-16(11-7-6-8-14(16)18)12-9-13(17)15(2,3)4/h5-12H2,1-4H3/t16-/m0/s1. The van der Waals surface area contributed by atoms with Crippen LogP contribution in [0.15, 0.2) is 0 Å². The van der Waals surface area contributed by atoms with Gasteiger partial charge in [-0.05, 0) is 25.7 Å². The van der Waals surface area contributed by atoms with E-state index < -0.39 is 0 Å². The van der Waals surface area contributed by atoms with Crippen molar-refractivity contribution in [2.75, 3.05) is 0 Å². The maximum absolute atomic E-state index is 12.3. The van der Waals surface area contributed by atoms with Crippen molar-refractivity contribution in [1.29, 1.82) is 0 Å². The predicted molar refractivity (Wildman–Crippen MR) is 74.5 cm³/mol. The molecule has 2 nitrogen and oxygen atoms in total. The van der Waals surface area contributed by atoms with Gasteiger partial charge in [0.1, 0.15) is 11.6 Å². The molecule has 18 heavy (non-hydrogen) atoms. The molecule has 0 radical (unpaired) electrons. The van der Waals surface area contributed by atoms with E-state index in [4.69, 9.17) is 0 Å². The van der Waals surface area contributed by atoms with E-state index >= 15 is 0 Å². The quantitative estimate of drug-likeness (QED) is 0.730. The molecule has 0 aromatic heterocycles. The molecule has 0 aliphatic heterocycles. The molecule has 104 valence electrons. The number of hydrogen-bond acceptors (Lipinski definition) is 2. The lowest BCUT2D eigenvalue weighted by molar-refractivity contribution is -0.134. The van der Waals surface area contributed by atoms with Gasteiger partial charge >= 0.3 is 0 Å². The van der Waals surface area contributed by atoms with Crippen LogP contribution in [0.4, 0.5) is 0 Å². The van der Waals surface area contributed by atoms with E-state index in [2.05, 4.69) is 6.92 Å². The summed E-state index contributed by atoms with van der Waals surface area (Å²) in [5.41, 5.74) is -0.445. The molecule has 0 spiro atoms. The summed E-state index contributed by atoms with van der Waals surface area (Å²) in [6.07, 6.45) is 7.25. The number of rotatable bonds is 5. The molecule has 0 aromatic rings. The predicted octanol–water partition coefficient (Wildman–Crippen LogP) is 4.31. The number of hydrogen-bond donors (Lipinski definition) is 0. The molecule has 0 saturated heterocycles. The first-order valence-corrected chi connectivity index (χ1v) is 7.38. The third kappa shape index (κ3) is 3.66. The van der Waals surface area contributed by atoms with E-state index in [1.165, 1.54) is 0 Å². The first-order valence-electron chi connectivity index (χ1n) is 7.38. The van der Waals surface area contributed by atoms with E-state index in [0.29, 0.717) is 12.2 Å². The van der Waals surface area contributed by atoms with Crippen LogP contribution in [-0.2, 0) is 9.59 Å². The van der Waals surface area contributed by atoms with E-state index in [1.54, 1.807) is 0 Å². The summed E-state index contributed by atoms with van der Waals surface area (Å²) in [4.78, 5) is 24.3. The highest BCUT2D eigenvalue weighted by Crippen LogP contribution is 2.42. The minimum absolute atomic E-state index is 0.173. The number of carbonyl (C=O) groups excluding carboxylic acids is 2. The summed E-state index contributed by atoms with van der Waals surface area (Å²) in [7, 11) is 0. The minimum Gasteiger partial charge on any atom is -0.299 e. The number of Topliss-reactive ketones (excluding diaryl/α,β-unsaturated/α-hetero) is 2. The fourth-order valence-electron chi connectivity index (χ4n) is 3.01. The van der Waals surface area contributed by atoms with Crippen LogP contribution in [-0.4, -0.2) is 11.6 Å². The summed E-state index contributed by atoms with van der Waals surface area (Å²) in [5, 5.41) is 0. The van der Waals surface area contributed by atoms with Crippen LogP contribution in [0.5, 0.6) is 0 Å². The van der Waals surface area contributed by atoms with Crippen molar-refractivity contribution in [3.8, 4) is 0 Å². The van der Waals surface area contributed by atoms with Gasteiger partial charge in [0, 0.05) is 23.7 Å². The Morgan fingerprint density at radius 1 is 1.22 bits per heavy atom.